The van der Waals surface area contributed by atoms with Gasteiger partial charge in [-0.3, -0.25) is 0 Å². The van der Waals surface area contributed by atoms with E-state index in [1.807, 2.05) is 19.9 Å². The number of methoxy groups -OCH3 is 2. The number of thiophene rings is 1. The molecule has 1 heterocycles. The molecule has 5 nitrogen and oxygen atoms in total. The van der Waals surface area contributed by atoms with Crippen LogP contribution in [-0.4, -0.2) is 29.2 Å². The van der Waals surface area contributed by atoms with E-state index >= 15 is 0 Å². The molecule has 0 saturated carbocycles. The SMILES string of the molecule is COc1cc(C)c(C)cc1S(=O)(=O)NCC(OC)c1ccc(Cl)s1. The van der Waals surface area contributed by atoms with E-state index in [1.54, 1.807) is 18.2 Å². The van der Waals surface area contributed by atoms with Crippen LogP contribution < -0.4 is 9.46 Å². The number of rotatable bonds is 7. The van der Waals surface area contributed by atoms with E-state index in [9.17, 15) is 8.42 Å². The Labute approximate surface area is 151 Å². The van der Waals surface area contributed by atoms with Gasteiger partial charge in [-0.05, 0) is 49.2 Å². The second-order valence-corrected chi connectivity index (χ2v) is 8.79. The first-order valence-corrected chi connectivity index (χ1v) is 9.89. The smallest absolute Gasteiger partial charge is 0.244 e. The van der Waals surface area contributed by atoms with Gasteiger partial charge in [0, 0.05) is 18.5 Å². The summed E-state index contributed by atoms with van der Waals surface area (Å²) in [7, 11) is -0.748. The van der Waals surface area contributed by atoms with Crippen LogP contribution in [0.5, 0.6) is 5.75 Å². The quantitative estimate of drug-likeness (QED) is 0.784. The lowest BCUT2D eigenvalue weighted by atomic mass is 10.1. The molecule has 0 radical (unpaired) electrons. The summed E-state index contributed by atoms with van der Waals surface area (Å²) in [5.74, 6) is 0.318. The molecular formula is C16H20ClNO4S2. The molecular weight excluding hydrogens is 370 g/mol. The van der Waals surface area contributed by atoms with Crippen LogP contribution in [0.15, 0.2) is 29.2 Å². The molecule has 24 heavy (non-hydrogen) atoms. The lowest BCUT2D eigenvalue weighted by Gasteiger charge is -2.17. The van der Waals surface area contributed by atoms with Crippen molar-refractivity contribution in [2.24, 2.45) is 0 Å². The van der Waals surface area contributed by atoms with Crippen molar-refractivity contribution in [1.82, 2.24) is 4.72 Å². The number of ether oxygens (including phenoxy) is 2. The lowest BCUT2D eigenvalue weighted by Crippen LogP contribution is -2.29. The Bertz CT molecular complexity index is 817. The standard InChI is InChI=1S/C16H20ClNO4S2/c1-10-7-12(21-3)15(8-11(10)2)24(19,20)18-9-13(22-4)14-5-6-16(17)23-14/h5-8,13,18H,9H2,1-4H3. The third-order valence-electron chi connectivity index (χ3n) is 3.72. The molecule has 0 amide bonds. The fraction of sp³-hybridized carbons (Fsp3) is 0.375. The van der Waals surface area contributed by atoms with Crippen LogP contribution in [-0.2, 0) is 14.8 Å². The number of benzene rings is 1. The molecule has 0 aliphatic rings. The molecule has 0 bridgehead atoms. The molecule has 1 unspecified atom stereocenters. The molecule has 0 aliphatic heterocycles. The summed E-state index contributed by atoms with van der Waals surface area (Å²) in [5.41, 5.74) is 1.85. The average Bonchev–Trinajstić information content (AvgIpc) is 2.96. The topological polar surface area (TPSA) is 64.6 Å². The second kappa shape index (κ2) is 7.84. The molecule has 8 heteroatoms. The van der Waals surface area contributed by atoms with Gasteiger partial charge >= 0.3 is 0 Å². The molecule has 0 fully saturated rings. The van der Waals surface area contributed by atoms with E-state index in [1.165, 1.54) is 25.6 Å². The van der Waals surface area contributed by atoms with Crippen LogP contribution in [0.2, 0.25) is 4.34 Å². The number of nitrogens with one attached hydrogen (secondary N) is 1. The van der Waals surface area contributed by atoms with Gasteiger partial charge in [0.2, 0.25) is 10.0 Å². The van der Waals surface area contributed by atoms with Gasteiger partial charge in [0.1, 0.15) is 16.7 Å². The molecule has 1 atom stereocenters. The zero-order chi connectivity index (χ0) is 17.9. The summed E-state index contributed by atoms with van der Waals surface area (Å²) in [6.07, 6.45) is -0.408. The van der Waals surface area contributed by atoms with Gasteiger partial charge in [0.05, 0.1) is 11.4 Å². The summed E-state index contributed by atoms with van der Waals surface area (Å²) in [6, 6.07) is 6.91. The first kappa shape index (κ1) is 19.2. The van der Waals surface area contributed by atoms with Gasteiger partial charge in [0.15, 0.2) is 0 Å². The van der Waals surface area contributed by atoms with E-state index in [2.05, 4.69) is 4.72 Å². The summed E-state index contributed by atoms with van der Waals surface area (Å²) in [5, 5.41) is 0. The number of sulfonamides is 1. The Morgan fingerprint density at radius 1 is 1.21 bits per heavy atom. The van der Waals surface area contributed by atoms with Crippen molar-refractivity contribution in [3.63, 3.8) is 0 Å². The lowest BCUT2D eigenvalue weighted by molar-refractivity contribution is 0.110. The zero-order valence-corrected chi connectivity index (χ0v) is 16.3. The Balaban J connectivity index is 2.23. The van der Waals surface area contributed by atoms with Crippen molar-refractivity contribution < 1.29 is 17.9 Å². The Morgan fingerprint density at radius 2 is 1.88 bits per heavy atom. The van der Waals surface area contributed by atoms with Crippen LogP contribution in [0, 0.1) is 13.8 Å². The van der Waals surface area contributed by atoms with E-state index in [0.717, 1.165) is 16.0 Å². The summed E-state index contributed by atoms with van der Waals surface area (Å²) in [6.45, 7) is 3.87. The van der Waals surface area contributed by atoms with Crippen LogP contribution >= 0.6 is 22.9 Å². The predicted octanol–water partition coefficient (Wildman–Crippen LogP) is 3.69. The van der Waals surface area contributed by atoms with E-state index in [0.29, 0.717) is 10.1 Å². The van der Waals surface area contributed by atoms with Gasteiger partial charge in [-0.1, -0.05) is 11.6 Å². The molecule has 1 N–H and O–H groups in total. The molecule has 132 valence electrons. The van der Waals surface area contributed by atoms with Gasteiger partial charge in [-0.25, -0.2) is 13.1 Å². The third kappa shape index (κ3) is 4.29. The minimum absolute atomic E-state index is 0.103. The molecule has 2 aromatic rings. The van der Waals surface area contributed by atoms with Crippen LogP contribution in [0.1, 0.15) is 22.1 Å². The highest BCUT2D eigenvalue weighted by Gasteiger charge is 2.23. The molecule has 0 saturated heterocycles. The molecule has 0 aliphatic carbocycles. The van der Waals surface area contributed by atoms with E-state index < -0.39 is 16.1 Å². The van der Waals surface area contributed by atoms with Gasteiger partial charge < -0.3 is 9.47 Å². The second-order valence-electron chi connectivity index (χ2n) is 5.31. The largest absolute Gasteiger partial charge is 0.495 e. The fourth-order valence-electron chi connectivity index (χ4n) is 2.20. The van der Waals surface area contributed by atoms with Crippen molar-refractivity contribution in [2.45, 2.75) is 24.8 Å². The number of hydrogen-bond donors (Lipinski definition) is 1. The number of aryl methyl sites for hydroxylation is 2. The minimum atomic E-state index is -3.73. The van der Waals surface area contributed by atoms with Crippen molar-refractivity contribution in [3.05, 3.63) is 44.6 Å². The maximum absolute atomic E-state index is 12.7. The summed E-state index contributed by atoms with van der Waals surface area (Å²) >= 11 is 7.29. The van der Waals surface area contributed by atoms with E-state index in [4.69, 9.17) is 21.1 Å². The minimum Gasteiger partial charge on any atom is -0.495 e. The average molecular weight is 390 g/mol. The Hall–Kier alpha value is -1.12. The molecule has 1 aromatic heterocycles. The molecule has 2 rings (SSSR count). The highest BCUT2D eigenvalue weighted by Crippen LogP contribution is 2.30. The first-order chi connectivity index (χ1) is 11.3. The van der Waals surface area contributed by atoms with Crippen LogP contribution in [0.4, 0.5) is 0 Å². The van der Waals surface area contributed by atoms with Gasteiger partial charge in [0.25, 0.3) is 0 Å². The number of hydrogen-bond acceptors (Lipinski definition) is 5. The Kier molecular flexibility index (Phi) is 6.28. The van der Waals surface area contributed by atoms with Gasteiger partial charge in [-0.15, -0.1) is 11.3 Å². The van der Waals surface area contributed by atoms with Crippen molar-refractivity contribution in [3.8, 4) is 5.75 Å². The van der Waals surface area contributed by atoms with Crippen molar-refractivity contribution in [2.75, 3.05) is 20.8 Å². The highest BCUT2D eigenvalue weighted by atomic mass is 35.5. The predicted molar refractivity (Wildman–Crippen MR) is 96.7 cm³/mol. The third-order valence-corrected chi connectivity index (χ3v) is 6.49. The van der Waals surface area contributed by atoms with E-state index in [-0.39, 0.29) is 11.4 Å². The molecule has 1 aromatic carbocycles. The number of halogens is 1. The van der Waals surface area contributed by atoms with Crippen molar-refractivity contribution in [1.29, 1.82) is 0 Å². The zero-order valence-electron chi connectivity index (χ0n) is 13.9. The monoisotopic (exact) mass is 389 g/mol. The van der Waals surface area contributed by atoms with Gasteiger partial charge in [-0.2, -0.15) is 0 Å². The van der Waals surface area contributed by atoms with Crippen LogP contribution in [0.3, 0.4) is 0 Å². The summed E-state index contributed by atoms with van der Waals surface area (Å²) in [4.78, 5) is 0.976. The normalized spacial score (nSPS) is 13.0. The Morgan fingerprint density at radius 3 is 2.42 bits per heavy atom. The summed E-state index contributed by atoms with van der Waals surface area (Å²) < 4.78 is 39.1. The molecule has 0 spiro atoms. The maximum Gasteiger partial charge on any atom is 0.244 e. The highest BCUT2D eigenvalue weighted by molar-refractivity contribution is 7.89. The van der Waals surface area contributed by atoms with Crippen molar-refractivity contribution >= 4 is 33.0 Å². The fourth-order valence-corrected chi connectivity index (χ4v) is 4.60. The first-order valence-electron chi connectivity index (χ1n) is 7.21. The van der Waals surface area contributed by atoms with Crippen LogP contribution in [0.25, 0.3) is 0 Å². The maximum atomic E-state index is 12.7.